The fraction of sp³-hybridized carbons (Fsp3) is 0.0833. The van der Waals surface area contributed by atoms with E-state index in [0.717, 1.165) is 0 Å². The normalized spacial score (nSPS) is 10.0. The van der Waals surface area contributed by atoms with Gasteiger partial charge in [0, 0.05) is 6.20 Å². The minimum Gasteiger partial charge on any atom is -0.496 e. The van der Waals surface area contributed by atoms with E-state index < -0.39 is 0 Å². The van der Waals surface area contributed by atoms with Gasteiger partial charge in [-0.2, -0.15) is 0 Å². The van der Waals surface area contributed by atoms with Crippen LogP contribution in [0.3, 0.4) is 0 Å². The molecule has 0 aliphatic heterocycles. The van der Waals surface area contributed by atoms with Gasteiger partial charge < -0.3 is 4.74 Å². The van der Waals surface area contributed by atoms with Crippen LogP contribution in [0.2, 0.25) is 5.28 Å². The Kier molecular flexibility index (Phi) is 3.35. The van der Waals surface area contributed by atoms with Crippen LogP contribution in [-0.4, -0.2) is 22.9 Å². The molecule has 0 amide bonds. The first-order chi connectivity index (χ1) is 8.22. The van der Waals surface area contributed by atoms with E-state index >= 15 is 0 Å². The van der Waals surface area contributed by atoms with Gasteiger partial charge in [-0.15, -0.1) is 0 Å². The van der Waals surface area contributed by atoms with Crippen molar-refractivity contribution in [2.24, 2.45) is 0 Å². The highest BCUT2D eigenvalue weighted by atomic mass is 35.5. The molecule has 0 fully saturated rings. The lowest BCUT2D eigenvalue weighted by Crippen LogP contribution is -2.06. The van der Waals surface area contributed by atoms with Crippen LogP contribution < -0.4 is 4.74 Å². The Hall–Kier alpha value is -1.94. The molecule has 0 unspecified atom stereocenters. The number of ketones is 1. The Bertz CT molecular complexity index is 558. The molecular formula is C12H9ClN2O2. The zero-order chi connectivity index (χ0) is 12.3. The van der Waals surface area contributed by atoms with Crippen molar-refractivity contribution in [2.45, 2.75) is 0 Å². The van der Waals surface area contributed by atoms with Gasteiger partial charge in [-0.1, -0.05) is 12.1 Å². The minimum atomic E-state index is -0.244. The molecule has 17 heavy (non-hydrogen) atoms. The van der Waals surface area contributed by atoms with Crippen molar-refractivity contribution >= 4 is 17.4 Å². The summed E-state index contributed by atoms with van der Waals surface area (Å²) < 4.78 is 5.12. The van der Waals surface area contributed by atoms with Crippen LogP contribution in [0.1, 0.15) is 16.1 Å². The molecule has 0 saturated carbocycles. The maximum Gasteiger partial charge on any atom is 0.222 e. The van der Waals surface area contributed by atoms with Crippen LogP contribution in [-0.2, 0) is 0 Å². The maximum atomic E-state index is 12.1. The number of halogens is 1. The molecule has 0 N–H and O–H groups in total. The third-order valence-electron chi connectivity index (χ3n) is 2.21. The van der Waals surface area contributed by atoms with E-state index in [1.807, 2.05) is 0 Å². The van der Waals surface area contributed by atoms with E-state index in [4.69, 9.17) is 16.3 Å². The summed E-state index contributed by atoms with van der Waals surface area (Å²) in [6.07, 6.45) is 1.44. The van der Waals surface area contributed by atoms with Gasteiger partial charge in [-0.3, -0.25) is 4.79 Å². The van der Waals surface area contributed by atoms with Crippen LogP contribution in [0.4, 0.5) is 0 Å². The Labute approximate surface area is 103 Å². The first-order valence-corrected chi connectivity index (χ1v) is 5.26. The average molecular weight is 249 g/mol. The number of hydrogen-bond donors (Lipinski definition) is 0. The third-order valence-corrected chi connectivity index (χ3v) is 2.39. The number of aromatic nitrogens is 2. The maximum absolute atomic E-state index is 12.1. The quantitative estimate of drug-likeness (QED) is 0.618. The van der Waals surface area contributed by atoms with Gasteiger partial charge in [0.15, 0.2) is 0 Å². The number of hydrogen-bond acceptors (Lipinski definition) is 4. The highest BCUT2D eigenvalue weighted by Gasteiger charge is 2.15. The largest absolute Gasteiger partial charge is 0.496 e. The first-order valence-electron chi connectivity index (χ1n) is 4.88. The second-order valence-corrected chi connectivity index (χ2v) is 3.58. The van der Waals surface area contributed by atoms with Crippen molar-refractivity contribution < 1.29 is 9.53 Å². The Morgan fingerprint density at radius 3 is 2.76 bits per heavy atom. The fourth-order valence-corrected chi connectivity index (χ4v) is 1.58. The highest BCUT2D eigenvalue weighted by molar-refractivity contribution is 6.28. The van der Waals surface area contributed by atoms with Crippen molar-refractivity contribution in [1.82, 2.24) is 9.97 Å². The Morgan fingerprint density at radius 1 is 1.29 bits per heavy atom. The average Bonchev–Trinajstić information content (AvgIpc) is 2.38. The molecule has 2 rings (SSSR count). The van der Waals surface area contributed by atoms with Crippen molar-refractivity contribution in [3.8, 4) is 5.75 Å². The standard InChI is InChI=1S/C12H9ClN2O2/c1-17-10-5-3-2-4-8(10)11(16)9-6-7-14-12(13)15-9/h2-7H,1H3. The molecule has 0 aliphatic carbocycles. The Balaban J connectivity index is 2.44. The van der Waals surface area contributed by atoms with Gasteiger partial charge >= 0.3 is 0 Å². The SMILES string of the molecule is COc1ccccc1C(=O)c1ccnc(Cl)n1. The van der Waals surface area contributed by atoms with Crippen LogP contribution in [0, 0.1) is 0 Å². The summed E-state index contributed by atoms with van der Waals surface area (Å²) in [5, 5.41) is 0.0470. The van der Waals surface area contributed by atoms with E-state index in [9.17, 15) is 4.79 Å². The van der Waals surface area contributed by atoms with Crippen LogP contribution in [0.25, 0.3) is 0 Å². The number of para-hydroxylation sites is 1. The fourth-order valence-electron chi connectivity index (χ4n) is 1.43. The molecule has 5 heteroatoms. The molecule has 0 aliphatic rings. The summed E-state index contributed by atoms with van der Waals surface area (Å²) in [5.74, 6) is 0.263. The summed E-state index contributed by atoms with van der Waals surface area (Å²) in [6, 6.07) is 8.47. The molecule has 2 aromatic rings. The molecule has 1 heterocycles. The van der Waals surface area contributed by atoms with Gasteiger partial charge in [0.25, 0.3) is 0 Å². The predicted molar refractivity (Wildman–Crippen MR) is 63.5 cm³/mol. The number of nitrogens with zero attached hydrogens (tertiary/aromatic N) is 2. The summed E-state index contributed by atoms with van der Waals surface area (Å²) in [6.45, 7) is 0. The van der Waals surface area contributed by atoms with Crippen molar-refractivity contribution in [1.29, 1.82) is 0 Å². The number of benzene rings is 1. The van der Waals surface area contributed by atoms with Crippen LogP contribution in [0.15, 0.2) is 36.5 Å². The van der Waals surface area contributed by atoms with Crippen molar-refractivity contribution in [3.05, 3.63) is 53.1 Å². The monoisotopic (exact) mass is 248 g/mol. The molecule has 1 aromatic carbocycles. The smallest absolute Gasteiger partial charge is 0.222 e. The van der Waals surface area contributed by atoms with Crippen molar-refractivity contribution in [3.63, 3.8) is 0 Å². The molecule has 1 aromatic heterocycles. The molecular weight excluding hydrogens is 240 g/mol. The topological polar surface area (TPSA) is 52.1 Å². The number of carbonyl (C=O) groups is 1. The summed E-state index contributed by atoms with van der Waals surface area (Å²) >= 11 is 5.64. The summed E-state index contributed by atoms with van der Waals surface area (Å²) in [7, 11) is 1.51. The highest BCUT2D eigenvalue weighted by Crippen LogP contribution is 2.20. The molecule has 0 radical (unpaired) electrons. The zero-order valence-corrected chi connectivity index (χ0v) is 9.81. The first kappa shape index (κ1) is 11.5. The van der Waals surface area contributed by atoms with E-state index in [1.165, 1.54) is 19.4 Å². The summed E-state index contributed by atoms with van der Waals surface area (Å²) in [4.78, 5) is 19.8. The van der Waals surface area contributed by atoms with Gasteiger partial charge in [-0.25, -0.2) is 9.97 Å². The van der Waals surface area contributed by atoms with Gasteiger partial charge in [0.2, 0.25) is 11.1 Å². The molecule has 4 nitrogen and oxygen atoms in total. The van der Waals surface area contributed by atoms with E-state index in [2.05, 4.69) is 9.97 Å². The lowest BCUT2D eigenvalue weighted by atomic mass is 10.1. The van der Waals surface area contributed by atoms with Gasteiger partial charge in [0.1, 0.15) is 11.4 Å². The minimum absolute atomic E-state index is 0.0470. The third kappa shape index (κ3) is 2.42. The Morgan fingerprint density at radius 2 is 2.06 bits per heavy atom. The lowest BCUT2D eigenvalue weighted by Gasteiger charge is -2.06. The molecule has 0 bridgehead atoms. The molecule has 0 saturated heterocycles. The van der Waals surface area contributed by atoms with Gasteiger partial charge in [-0.05, 0) is 29.8 Å². The van der Waals surface area contributed by atoms with Crippen LogP contribution in [0.5, 0.6) is 5.75 Å². The number of ether oxygens (including phenoxy) is 1. The van der Waals surface area contributed by atoms with Crippen molar-refractivity contribution in [2.75, 3.05) is 7.11 Å². The molecule has 86 valence electrons. The molecule has 0 atom stereocenters. The number of methoxy groups -OCH3 is 1. The zero-order valence-electron chi connectivity index (χ0n) is 9.05. The van der Waals surface area contributed by atoms with Gasteiger partial charge in [0.05, 0.1) is 12.7 Å². The van der Waals surface area contributed by atoms with E-state index in [1.54, 1.807) is 24.3 Å². The summed E-state index contributed by atoms with van der Waals surface area (Å²) in [5.41, 5.74) is 0.694. The lowest BCUT2D eigenvalue weighted by molar-refractivity contribution is 0.103. The molecule has 0 spiro atoms. The van der Waals surface area contributed by atoms with E-state index in [0.29, 0.717) is 11.3 Å². The second-order valence-electron chi connectivity index (χ2n) is 3.24. The second kappa shape index (κ2) is 4.93. The number of rotatable bonds is 3. The number of carbonyl (C=O) groups excluding carboxylic acids is 1. The van der Waals surface area contributed by atoms with Crippen LogP contribution >= 0.6 is 11.6 Å². The predicted octanol–water partition coefficient (Wildman–Crippen LogP) is 2.37. The van der Waals surface area contributed by atoms with E-state index in [-0.39, 0.29) is 16.8 Å².